The molecule has 0 saturated carbocycles. The van der Waals surface area contributed by atoms with Crippen molar-refractivity contribution in [3.63, 3.8) is 0 Å². The monoisotopic (exact) mass is 396 g/mol. The summed E-state index contributed by atoms with van der Waals surface area (Å²) in [5, 5.41) is 10.4. The van der Waals surface area contributed by atoms with Crippen LogP contribution in [0.1, 0.15) is 11.4 Å². The lowest BCUT2D eigenvalue weighted by Gasteiger charge is -2.04. The number of nitrogens with zero attached hydrogens (tertiary/aromatic N) is 1. The van der Waals surface area contributed by atoms with Crippen LogP contribution in [-0.4, -0.2) is 15.1 Å². The van der Waals surface area contributed by atoms with Gasteiger partial charge in [0.15, 0.2) is 0 Å². The van der Waals surface area contributed by atoms with Crippen LogP contribution in [0.4, 0.5) is 0 Å². The van der Waals surface area contributed by atoms with Crippen molar-refractivity contribution in [3.05, 3.63) is 53.6 Å². The fraction of sp³-hybridized carbons (Fsp3) is 0.0909. The third-order valence-electron chi connectivity index (χ3n) is 2.25. The van der Waals surface area contributed by atoms with E-state index in [0.717, 1.165) is 5.56 Å². The summed E-state index contributed by atoms with van der Waals surface area (Å²) in [4.78, 5) is 17.9. The second kappa shape index (κ2) is 5.46. The predicted molar refractivity (Wildman–Crippen MR) is 78.5 cm³/mol. The van der Waals surface area contributed by atoms with E-state index in [1.54, 1.807) is 40.8 Å². The number of hydrogen-bond acceptors (Lipinski definition) is 3. The average Bonchev–Trinajstić information content (AvgIpc) is 2.31. The minimum absolute atomic E-state index is 0.172. The van der Waals surface area contributed by atoms with Crippen LogP contribution in [0.2, 0.25) is 10.0 Å². The molecule has 94 valence electrons. The Morgan fingerprint density at radius 3 is 2.67 bits per heavy atom. The quantitative estimate of drug-likeness (QED) is 0.767. The summed E-state index contributed by atoms with van der Waals surface area (Å²) in [7, 11) is 0. The smallest absolute Gasteiger partial charge is 0.268 e. The largest absolute Gasteiger partial charge is 0.492 e. The number of aromatic amines is 1. The third kappa shape index (κ3) is 2.96. The molecule has 0 saturated heterocycles. The van der Waals surface area contributed by atoms with Gasteiger partial charge in [0, 0.05) is 6.42 Å². The van der Waals surface area contributed by atoms with Crippen molar-refractivity contribution >= 4 is 45.8 Å². The lowest BCUT2D eigenvalue weighted by molar-refractivity contribution is 0.443. The molecule has 0 radical (unpaired) electrons. The van der Waals surface area contributed by atoms with Gasteiger partial charge in [-0.25, -0.2) is 0 Å². The van der Waals surface area contributed by atoms with Crippen molar-refractivity contribution in [2.45, 2.75) is 6.42 Å². The molecule has 18 heavy (non-hydrogen) atoms. The summed E-state index contributed by atoms with van der Waals surface area (Å²) in [6.45, 7) is 0. The van der Waals surface area contributed by atoms with Gasteiger partial charge in [-0.1, -0.05) is 29.3 Å². The molecule has 0 fully saturated rings. The number of aromatic hydroxyl groups is 1. The number of benzene rings is 1. The first-order valence-corrected chi connectivity index (χ1v) is 6.72. The molecule has 4 nitrogen and oxygen atoms in total. The van der Waals surface area contributed by atoms with Gasteiger partial charge in [0.2, 0.25) is 5.88 Å². The standard InChI is InChI=1S/C11H7Cl2IN2O2/c12-6-2-1-5(3-7(6)13)4-8-15-10(17)9(14)11(18)16-8/h1-3H,4H2,(H2,15,16,17,18). The van der Waals surface area contributed by atoms with Gasteiger partial charge >= 0.3 is 0 Å². The minimum Gasteiger partial charge on any atom is -0.492 e. The van der Waals surface area contributed by atoms with E-state index in [2.05, 4.69) is 9.97 Å². The average molecular weight is 397 g/mol. The SMILES string of the molecule is O=c1[nH]c(Cc2ccc(Cl)c(Cl)c2)nc(O)c1I. The van der Waals surface area contributed by atoms with Crippen LogP contribution in [0.5, 0.6) is 5.88 Å². The van der Waals surface area contributed by atoms with E-state index in [-0.39, 0.29) is 15.0 Å². The molecular weight excluding hydrogens is 390 g/mol. The molecule has 1 heterocycles. The maximum Gasteiger partial charge on any atom is 0.268 e. The molecule has 1 aromatic heterocycles. The van der Waals surface area contributed by atoms with E-state index >= 15 is 0 Å². The van der Waals surface area contributed by atoms with E-state index < -0.39 is 0 Å². The number of rotatable bonds is 2. The zero-order valence-electron chi connectivity index (χ0n) is 8.88. The van der Waals surface area contributed by atoms with Gasteiger partial charge in [-0.15, -0.1) is 0 Å². The Hall–Kier alpha value is -0.790. The Kier molecular flexibility index (Phi) is 4.14. The first kappa shape index (κ1) is 13.6. The zero-order valence-corrected chi connectivity index (χ0v) is 12.5. The predicted octanol–water partition coefficient (Wildman–Crippen LogP) is 2.98. The summed E-state index contributed by atoms with van der Waals surface area (Å²) >= 11 is 13.4. The molecule has 0 aliphatic carbocycles. The van der Waals surface area contributed by atoms with Gasteiger partial charge in [0.05, 0.1) is 10.0 Å². The molecule has 0 spiro atoms. The molecule has 7 heteroatoms. The van der Waals surface area contributed by atoms with Gasteiger partial charge < -0.3 is 10.1 Å². The van der Waals surface area contributed by atoms with Crippen molar-refractivity contribution in [1.82, 2.24) is 9.97 Å². The molecule has 0 amide bonds. The second-order valence-corrected chi connectivity index (χ2v) is 5.47. The van der Waals surface area contributed by atoms with E-state index in [4.69, 9.17) is 23.2 Å². The molecule has 2 N–H and O–H groups in total. The highest BCUT2D eigenvalue weighted by Gasteiger charge is 2.08. The molecule has 2 rings (SSSR count). The lowest BCUT2D eigenvalue weighted by atomic mass is 10.1. The normalized spacial score (nSPS) is 10.6. The van der Waals surface area contributed by atoms with Crippen LogP contribution in [0, 0.1) is 3.57 Å². The molecule has 0 atom stereocenters. The van der Waals surface area contributed by atoms with Crippen LogP contribution < -0.4 is 5.56 Å². The fourth-order valence-corrected chi connectivity index (χ4v) is 2.00. The van der Waals surface area contributed by atoms with Gasteiger partial charge in [-0.2, -0.15) is 4.98 Å². The molecule has 1 aromatic carbocycles. The maximum atomic E-state index is 11.5. The van der Waals surface area contributed by atoms with Gasteiger partial charge in [0.25, 0.3) is 5.56 Å². The topological polar surface area (TPSA) is 66.0 Å². The zero-order chi connectivity index (χ0) is 13.3. The summed E-state index contributed by atoms with van der Waals surface area (Å²) in [6.07, 6.45) is 0.358. The van der Waals surface area contributed by atoms with E-state index in [1.807, 2.05) is 0 Å². The van der Waals surface area contributed by atoms with Crippen LogP contribution in [-0.2, 0) is 6.42 Å². The summed E-state index contributed by atoms with van der Waals surface area (Å²) in [6, 6.07) is 5.14. The highest BCUT2D eigenvalue weighted by molar-refractivity contribution is 14.1. The Bertz CT molecular complexity index is 658. The van der Waals surface area contributed by atoms with Crippen molar-refractivity contribution in [3.8, 4) is 5.88 Å². The van der Waals surface area contributed by atoms with Gasteiger partial charge in [0.1, 0.15) is 9.39 Å². The van der Waals surface area contributed by atoms with Crippen molar-refractivity contribution in [2.75, 3.05) is 0 Å². The lowest BCUT2D eigenvalue weighted by Crippen LogP contribution is -2.14. The van der Waals surface area contributed by atoms with Gasteiger partial charge in [-0.05, 0) is 40.3 Å². The highest BCUT2D eigenvalue weighted by Crippen LogP contribution is 2.23. The molecule has 0 unspecified atom stereocenters. The summed E-state index contributed by atoms with van der Waals surface area (Å²) in [5.74, 6) is 0.103. The van der Waals surface area contributed by atoms with E-state index in [9.17, 15) is 9.90 Å². The molecule has 0 bridgehead atoms. The van der Waals surface area contributed by atoms with Crippen molar-refractivity contribution in [2.24, 2.45) is 0 Å². The summed E-state index contributed by atoms with van der Waals surface area (Å²) < 4.78 is 0.172. The van der Waals surface area contributed by atoms with Crippen LogP contribution in [0.15, 0.2) is 23.0 Å². The summed E-state index contributed by atoms with van der Waals surface area (Å²) in [5.41, 5.74) is 0.478. The Balaban J connectivity index is 2.34. The Morgan fingerprint density at radius 1 is 1.33 bits per heavy atom. The highest BCUT2D eigenvalue weighted by atomic mass is 127. The first-order valence-electron chi connectivity index (χ1n) is 4.89. The first-order chi connectivity index (χ1) is 8.47. The fourth-order valence-electron chi connectivity index (χ4n) is 1.42. The Morgan fingerprint density at radius 2 is 2.06 bits per heavy atom. The van der Waals surface area contributed by atoms with Crippen LogP contribution in [0.25, 0.3) is 0 Å². The number of hydrogen-bond donors (Lipinski definition) is 2. The maximum absolute atomic E-state index is 11.5. The molecule has 2 aromatic rings. The van der Waals surface area contributed by atoms with Gasteiger partial charge in [-0.3, -0.25) is 4.79 Å². The number of H-pyrrole nitrogens is 1. The van der Waals surface area contributed by atoms with E-state index in [1.165, 1.54) is 0 Å². The number of nitrogens with one attached hydrogen (secondary N) is 1. The minimum atomic E-state index is -0.363. The van der Waals surface area contributed by atoms with Crippen LogP contribution >= 0.6 is 45.8 Å². The third-order valence-corrected chi connectivity index (χ3v) is 3.96. The van der Waals surface area contributed by atoms with E-state index in [0.29, 0.717) is 22.3 Å². The van der Waals surface area contributed by atoms with Crippen molar-refractivity contribution < 1.29 is 5.11 Å². The molecule has 0 aliphatic rings. The second-order valence-electron chi connectivity index (χ2n) is 3.58. The van der Waals surface area contributed by atoms with Crippen molar-refractivity contribution in [1.29, 1.82) is 0 Å². The Labute approximate surface area is 126 Å². The number of halogens is 3. The van der Waals surface area contributed by atoms with Crippen LogP contribution in [0.3, 0.4) is 0 Å². The molecular formula is C11H7Cl2IN2O2. The molecule has 0 aliphatic heterocycles. The number of aromatic nitrogens is 2.